The van der Waals surface area contributed by atoms with Crippen molar-refractivity contribution >= 4 is 6.21 Å². The monoisotopic (exact) mass is 289 g/mol. The Balaban J connectivity index is 2.21. The zero-order valence-corrected chi connectivity index (χ0v) is 11.4. The van der Waals surface area contributed by atoms with Crippen LogP contribution in [0.4, 0.5) is 0 Å². The zero-order valence-electron chi connectivity index (χ0n) is 11.4. The van der Waals surface area contributed by atoms with Crippen LogP contribution in [0.1, 0.15) is 11.1 Å². The number of phenols is 3. The Morgan fingerprint density at radius 3 is 2.52 bits per heavy atom. The second-order valence-electron chi connectivity index (χ2n) is 4.45. The maximum Gasteiger partial charge on any atom is 0.182 e. The van der Waals surface area contributed by atoms with E-state index in [1.165, 1.54) is 43.7 Å². The number of hydroxylamine groups is 1. The van der Waals surface area contributed by atoms with Gasteiger partial charge in [-0.05, 0) is 30.3 Å². The van der Waals surface area contributed by atoms with Gasteiger partial charge in [-0.15, -0.1) is 0 Å². The summed E-state index contributed by atoms with van der Waals surface area (Å²) in [4.78, 5) is 0. The Hall–Kier alpha value is -2.89. The van der Waals surface area contributed by atoms with Crippen molar-refractivity contribution in [1.29, 1.82) is 0 Å². The van der Waals surface area contributed by atoms with Gasteiger partial charge in [0.25, 0.3) is 0 Å². The number of ether oxygens (including phenoxy) is 1. The number of hydrogen-bond acceptors (Lipinski definition) is 5. The number of hydrogen-bond donors (Lipinski definition) is 3. The first kappa shape index (κ1) is 14.5. The van der Waals surface area contributed by atoms with Crippen LogP contribution in [0.2, 0.25) is 0 Å². The first-order valence-electron chi connectivity index (χ1n) is 6.16. The van der Waals surface area contributed by atoms with Crippen LogP contribution in [0.3, 0.4) is 0 Å². The highest BCUT2D eigenvalue weighted by atomic mass is 16.5. The summed E-state index contributed by atoms with van der Waals surface area (Å²) >= 11 is 0. The van der Waals surface area contributed by atoms with E-state index >= 15 is 0 Å². The van der Waals surface area contributed by atoms with E-state index in [2.05, 4.69) is 0 Å². The summed E-state index contributed by atoms with van der Waals surface area (Å²) in [6, 6.07) is 8.56. The van der Waals surface area contributed by atoms with Crippen LogP contribution >= 0.6 is 0 Å². The predicted molar refractivity (Wildman–Crippen MR) is 76.9 cm³/mol. The van der Waals surface area contributed by atoms with E-state index in [1.807, 2.05) is 0 Å². The first-order chi connectivity index (χ1) is 9.99. The van der Waals surface area contributed by atoms with Gasteiger partial charge >= 0.3 is 0 Å². The Morgan fingerprint density at radius 2 is 1.86 bits per heavy atom. The second-order valence-corrected chi connectivity index (χ2v) is 4.45. The van der Waals surface area contributed by atoms with Crippen molar-refractivity contribution in [3.8, 4) is 23.0 Å². The molecule has 0 fully saturated rings. The molecule has 0 aliphatic rings. The fourth-order valence-electron chi connectivity index (χ4n) is 1.84. The molecule has 110 valence electrons. The first-order valence-corrected chi connectivity index (χ1v) is 6.16. The third-order valence-corrected chi connectivity index (χ3v) is 2.89. The van der Waals surface area contributed by atoms with Crippen LogP contribution in [0.5, 0.6) is 23.0 Å². The highest BCUT2D eigenvalue weighted by Crippen LogP contribution is 2.26. The topological polar surface area (TPSA) is 96.0 Å². The fourth-order valence-corrected chi connectivity index (χ4v) is 1.84. The lowest BCUT2D eigenvalue weighted by atomic mass is 10.2. The fraction of sp³-hybridized carbons (Fsp3) is 0.133. The summed E-state index contributed by atoms with van der Waals surface area (Å²) < 4.78 is 5.60. The molecular formula is C15H15NO5. The molecule has 0 aliphatic carbocycles. The highest BCUT2D eigenvalue weighted by molar-refractivity contribution is 5.77. The predicted octanol–water partition coefficient (Wildman–Crippen LogP) is 1.94. The molecule has 6 heteroatoms. The van der Waals surface area contributed by atoms with Gasteiger partial charge in [0.15, 0.2) is 24.3 Å². The molecular weight excluding hydrogens is 274 g/mol. The number of methoxy groups -OCH3 is 1. The van der Waals surface area contributed by atoms with E-state index in [4.69, 9.17) is 4.74 Å². The summed E-state index contributed by atoms with van der Waals surface area (Å²) in [6.07, 6.45) is 1.31. The van der Waals surface area contributed by atoms with Gasteiger partial charge in [-0.25, -0.2) is 4.74 Å². The van der Waals surface area contributed by atoms with Crippen LogP contribution in [-0.2, 0) is 6.54 Å². The van der Waals surface area contributed by atoms with E-state index in [9.17, 15) is 20.5 Å². The van der Waals surface area contributed by atoms with E-state index < -0.39 is 0 Å². The minimum absolute atomic E-state index is 0.0109. The van der Waals surface area contributed by atoms with Gasteiger partial charge in [0.2, 0.25) is 0 Å². The Morgan fingerprint density at radius 1 is 1.10 bits per heavy atom. The van der Waals surface area contributed by atoms with Crippen molar-refractivity contribution < 1.29 is 24.8 Å². The summed E-state index contributed by atoms with van der Waals surface area (Å²) in [7, 11) is 1.42. The lowest BCUT2D eigenvalue weighted by Gasteiger charge is -2.07. The smallest absolute Gasteiger partial charge is 0.182 e. The summed E-state index contributed by atoms with van der Waals surface area (Å²) in [5, 5.41) is 40.2. The Kier molecular flexibility index (Phi) is 4.18. The molecule has 0 spiro atoms. The molecule has 21 heavy (non-hydrogen) atoms. The van der Waals surface area contributed by atoms with Crippen LogP contribution < -0.4 is 4.74 Å². The largest absolute Gasteiger partial charge is 0.624 e. The SMILES string of the molecule is COc1cc(/C=[N+](/[O-])Cc2ccc(O)cc2O)ccc1O. The van der Waals surface area contributed by atoms with Crippen LogP contribution in [0.25, 0.3) is 0 Å². The molecule has 0 unspecified atom stereocenters. The van der Waals surface area contributed by atoms with Gasteiger partial charge in [0.1, 0.15) is 11.5 Å². The van der Waals surface area contributed by atoms with Gasteiger partial charge in [0.05, 0.1) is 12.7 Å². The standard InChI is InChI=1S/C15H15NO5/c1-21-15-6-10(2-5-13(15)18)8-16(20)9-11-3-4-12(17)7-14(11)19/h2-8,17-19H,9H2,1H3/b16-8+. The molecule has 6 nitrogen and oxygen atoms in total. The van der Waals surface area contributed by atoms with Crippen molar-refractivity contribution in [3.05, 3.63) is 52.7 Å². The maximum atomic E-state index is 11.9. The molecule has 2 aromatic rings. The number of nitrogens with zero attached hydrogens (tertiary/aromatic N) is 1. The third-order valence-electron chi connectivity index (χ3n) is 2.89. The van der Waals surface area contributed by atoms with Gasteiger partial charge in [-0.1, -0.05) is 0 Å². The summed E-state index contributed by atoms with van der Waals surface area (Å²) in [6.45, 7) is -0.0741. The molecule has 0 amide bonds. The van der Waals surface area contributed by atoms with E-state index in [1.54, 1.807) is 6.07 Å². The average Bonchev–Trinajstić information content (AvgIpc) is 2.44. The van der Waals surface area contributed by atoms with Crippen molar-refractivity contribution in [3.63, 3.8) is 0 Å². The van der Waals surface area contributed by atoms with Crippen molar-refractivity contribution in [2.45, 2.75) is 6.54 Å². The van der Waals surface area contributed by atoms with Gasteiger partial charge in [-0.3, -0.25) is 0 Å². The third kappa shape index (κ3) is 3.56. The molecule has 0 atom stereocenters. The van der Waals surface area contributed by atoms with Crippen LogP contribution in [0.15, 0.2) is 36.4 Å². The lowest BCUT2D eigenvalue weighted by Crippen LogP contribution is -2.06. The van der Waals surface area contributed by atoms with E-state index in [0.29, 0.717) is 15.9 Å². The second kappa shape index (κ2) is 6.04. The molecule has 0 radical (unpaired) electrons. The van der Waals surface area contributed by atoms with E-state index in [-0.39, 0.29) is 29.5 Å². The Bertz CT molecular complexity index is 682. The molecule has 0 aromatic heterocycles. The van der Waals surface area contributed by atoms with Crippen molar-refractivity contribution in [1.82, 2.24) is 0 Å². The quantitative estimate of drug-likeness (QED) is 0.346. The minimum atomic E-state index is -0.146. The number of aromatic hydroxyl groups is 3. The minimum Gasteiger partial charge on any atom is -0.624 e. The summed E-state index contributed by atoms with van der Waals surface area (Å²) in [5.41, 5.74) is 0.947. The van der Waals surface area contributed by atoms with Crippen LogP contribution in [0, 0.1) is 5.21 Å². The molecule has 0 aliphatic heterocycles. The van der Waals surface area contributed by atoms with Crippen LogP contribution in [-0.4, -0.2) is 33.4 Å². The molecule has 0 saturated heterocycles. The Labute approximate surface area is 121 Å². The number of rotatable bonds is 4. The molecule has 0 heterocycles. The average molecular weight is 289 g/mol. The molecule has 0 saturated carbocycles. The molecule has 3 N–H and O–H groups in total. The normalized spacial score (nSPS) is 11.4. The van der Waals surface area contributed by atoms with Crippen molar-refractivity contribution in [2.75, 3.05) is 7.11 Å². The maximum absolute atomic E-state index is 11.9. The van der Waals surface area contributed by atoms with Gasteiger partial charge in [-0.2, -0.15) is 0 Å². The van der Waals surface area contributed by atoms with Crippen molar-refractivity contribution in [2.24, 2.45) is 0 Å². The van der Waals surface area contributed by atoms with E-state index in [0.717, 1.165) is 0 Å². The molecule has 2 rings (SSSR count). The lowest BCUT2D eigenvalue weighted by molar-refractivity contribution is -0.469. The number of benzene rings is 2. The molecule has 0 bridgehead atoms. The summed E-state index contributed by atoms with van der Waals surface area (Å²) in [5.74, 6) is 0.0430. The van der Waals surface area contributed by atoms with Gasteiger partial charge < -0.3 is 25.3 Å². The number of phenolic OH excluding ortho intramolecular Hbond substituents is 3. The van der Waals surface area contributed by atoms with Gasteiger partial charge in [0, 0.05) is 11.6 Å². The zero-order chi connectivity index (χ0) is 15.4. The molecule has 2 aromatic carbocycles. The highest BCUT2D eigenvalue weighted by Gasteiger charge is 2.08.